The van der Waals surface area contributed by atoms with Crippen LogP contribution in [0.5, 0.6) is 17.4 Å². The molecule has 1 radical (unpaired) electrons. The van der Waals surface area contributed by atoms with Gasteiger partial charge < -0.3 is 34.1 Å². The average molecular weight is 636 g/mol. The monoisotopic (exact) mass is 635 g/mol. The number of ether oxygens (including phenoxy) is 4. The highest BCUT2D eigenvalue weighted by molar-refractivity contribution is 6.55. The molecule has 0 atom stereocenters. The molecule has 235 valence electrons. The van der Waals surface area contributed by atoms with Crippen LogP contribution in [0.3, 0.4) is 0 Å². The number of aromatic nitrogens is 3. The number of amides is 2. The summed E-state index contributed by atoms with van der Waals surface area (Å²) in [5.41, 5.74) is 1.50. The second kappa shape index (κ2) is 13.6. The van der Waals surface area contributed by atoms with Crippen LogP contribution in [0.1, 0.15) is 12.5 Å². The van der Waals surface area contributed by atoms with Gasteiger partial charge in [-0.05, 0) is 18.2 Å². The van der Waals surface area contributed by atoms with Gasteiger partial charge in [-0.25, -0.2) is 23.5 Å². The molecule has 0 bridgehead atoms. The average Bonchev–Trinajstić information content (AvgIpc) is 3.38. The number of nitriles is 1. The summed E-state index contributed by atoms with van der Waals surface area (Å²) in [6.45, 7) is 8.52. The van der Waals surface area contributed by atoms with E-state index in [2.05, 4.69) is 39.8 Å². The highest BCUT2D eigenvalue weighted by Crippen LogP contribution is 2.40. The number of urea groups is 1. The quantitative estimate of drug-likeness (QED) is 0.145. The van der Waals surface area contributed by atoms with E-state index < -0.39 is 32.2 Å². The molecule has 1 aliphatic rings. The number of carbonyl (C=O) groups is 1. The summed E-state index contributed by atoms with van der Waals surface area (Å²) < 4.78 is 54.5. The smallest absolute Gasteiger partial charge is 0.319 e. The first-order chi connectivity index (χ1) is 21.6. The molecule has 0 saturated carbocycles. The lowest BCUT2D eigenvalue weighted by Crippen LogP contribution is -2.49. The molecule has 0 aliphatic carbocycles. The predicted molar refractivity (Wildman–Crippen MR) is 165 cm³/mol. The fourth-order valence-corrected chi connectivity index (χ4v) is 5.28. The van der Waals surface area contributed by atoms with Gasteiger partial charge in [-0.2, -0.15) is 5.26 Å². The van der Waals surface area contributed by atoms with Crippen molar-refractivity contribution in [3.8, 4) is 34.6 Å². The van der Waals surface area contributed by atoms with Crippen LogP contribution in [0.2, 0.25) is 19.1 Å². The van der Waals surface area contributed by atoms with Crippen LogP contribution in [0.4, 0.5) is 19.3 Å². The number of benzene rings is 1. The van der Waals surface area contributed by atoms with Crippen molar-refractivity contribution in [2.75, 3.05) is 38.8 Å². The Bertz CT molecular complexity index is 1730. The summed E-state index contributed by atoms with van der Waals surface area (Å²) in [5.74, 6) is -2.42. The Labute approximate surface area is 260 Å². The molecule has 4 aromatic rings. The molecule has 1 saturated heterocycles. The summed E-state index contributed by atoms with van der Waals surface area (Å²) in [6, 6.07) is 7.50. The zero-order chi connectivity index (χ0) is 32.1. The standard InChI is InChI=1S/C31H33F2N6O5Si/c1-31(16-43-17-31)15-37-30(40)38-21-10-23(32)27(24(33)11-21)44-25-5-6-35-28-26(25)22(14-39(28)18-42-7-8-45(3)4)20-9-19(12-34)29(41-2)36-13-20/h5-6,9-11,13-14H,7-8,15-18H2,1-4H3,(H2,37,38,40). The third-order valence-corrected chi connectivity index (χ3v) is 8.42. The number of halogens is 2. The van der Waals surface area contributed by atoms with Gasteiger partial charge in [-0.15, -0.1) is 0 Å². The Balaban J connectivity index is 1.46. The minimum Gasteiger partial charge on any atom is -0.480 e. The van der Waals surface area contributed by atoms with Crippen LogP contribution in [0, 0.1) is 28.4 Å². The molecule has 2 amide bonds. The zero-order valence-electron chi connectivity index (χ0n) is 25.4. The van der Waals surface area contributed by atoms with Gasteiger partial charge in [0.15, 0.2) is 17.4 Å². The number of nitrogens with zero attached hydrogens (tertiary/aromatic N) is 4. The van der Waals surface area contributed by atoms with E-state index in [0.717, 1.165) is 18.2 Å². The summed E-state index contributed by atoms with van der Waals surface area (Å²) in [6.07, 6.45) is 4.77. The Morgan fingerprint density at radius 2 is 1.98 bits per heavy atom. The van der Waals surface area contributed by atoms with Crippen LogP contribution in [0.25, 0.3) is 22.2 Å². The fourth-order valence-electron chi connectivity index (χ4n) is 4.73. The molecule has 1 fully saturated rings. The molecule has 0 spiro atoms. The Hall–Kier alpha value is -4.58. The van der Waals surface area contributed by atoms with Crippen LogP contribution < -0.4 is 20.1 Å². The molecular weight excluding hydrogens is 602 g/mol. The maximum atomic E-state index is 15.3. The van der Waals surface area contributed by atoms with Crippen molar-refractivity contribution in [2.24, 2.45) is 5.41 Å². The third-order valence-electron chi connectivity index (χ3n) is 7.22. The molecule has 4 heterocycles. The fraction of sp³-hybridized carbons (Fsp3) is 0.355. The number of hydrogen-bond donors (Lipinski definition) is 2. The van der Waals surface area contributed by atoms with Crippen LogP contribution in [0.15, 0.2) is 42.9 Å². The van der Waals surface area contributed by atoms with Crippen molar-refractivity contribution in [3.63, 3.8) is 0 Å². The van der Waals surface area contributed by atoms with E-state index in [1.165, 1.54) is 25.6 Å². The van der Waals surface area contributed by atoms with Gasteiger partial charge in [0.05, 0.1) is 25.7 Å². The van der Waals surface area contributed by atoms with Crippen molar-refractivity contribution in [2.45, 2.75) is 32.8 Å². The molecule has 11 nitrogen and oxygen atoms in total. The number of methoxy groups -OCH3 is 1. The number of fused-ring (bicyclic) bond motifs is 1. The molecule has 3 aromatic heterocycles. The summed E-state index contributed by atoms with van der Waals surface area (Å²) in [5, 5.41) is 15.2. The van der Waals surface area contributed by atoms with E-state index in [1.807, 2.05) is 6.92 Å². The van der Waals surface area contributed by atoms with Crippen molar-refractivity contribution < 1.29 is 32.5 Å². The number of rotatable bonds is 12. The van der Waals surface area contributed by atoms with Gasteiger partial charge in [0, 0.05) is 74.9 Å². The minimum atomic E-state index is -1.02. The van der Waals surface area contributed by atoms with Crippen molar-refractivity contribution in [1.82, 2.24) is 19.9 Å². The van der Waals surface area contributed by atoms with E-state index in [0.29, 0.717) is 48.5 Å². The first-order valence-electron chi connectivity index (χ1n) is 14.2. The third kappa shape index (κ3) is 7.22. The van der Waals surface area contributed by atoms with Crippen molar-refractivity contribution in [1.29, 1.82) is 5.26 Å². The normalized spacial score (nSPS) is 13.7. The summed E-state index contributed by atoms with van der Waals surface area (Å²) >= 11 is 0. The van der Waals surface area contributed by atoms with E-state index in [1.54, 1.807) is 16.8 Å². The zero-order valence-corrected chi connectivity index (χ0v) is 26.4. The minimum absolute atomic E-state index is 0.0780. The van der Waals surface area contributed by atoms with Crippen molar-refractivity contribution in [3.05, 3.63) is 60.1 Å². The Morgan fingerprint density at radius 3 is 2.62 bits per heavy atom. The second-order valence-electron chi connectivity index (χ2n) is 11.4. The van der Waals surface area contributed by atoms with E-state index in [4.69, 9.17) is 18.9 Å². The number of anilines is 1. The first-order valence-corrected chi connectivity index (χ1v) is 16.9. The summed E-state index contributed by atoms with van der Waals surface area (Å²) in [4.78, 5) is 21.1. The maximum Gasteiger partial charge on any atom is 0.319 e. The van der Waals surface area contributed by atoms with Crippen molar-refractivity contribution >= 4 is 31.5 Å². The first kappa shape index (κ1) is 31.8. The van der Waals surface area contributed by atoms with E-state index in [-0.39, 0.29) is 35.0 Å². The lowest BCUT2D eigenvalue weighted by molar-refractivity contribution is -0.0974. The molecule has 45 heavy (non-hydrogen) atoms. The van der Waals surface area contributed by atoms with Gasteiger partial charge in [-0.3, -0.25) is 0 Å². The summed E-state index contributed by atoms with van der Waals surface area (Å²) in [7, 11) is 0.948. The highest BCUT2D eigenvalue weighted by atomic mass is 28.3. The number of pyridine rings is 2. The number of carbonyl (C=O) groups excluding carboxylic acids is 1. The predicted octanol–water partition coefficient (Wildman–Crippen LogP) is 5.94. The van der Waals surface area contributed by atoms with Gasteiger partial charge >= 0.3 is 6.03 Å². The van der Waals surface area contributed by atoms with Gasteiger partial charge in [0.25, 0.3) is 0 Å². The topological polar surface area (TPSA) is 133 Å². The van der Waals surface area contributed by atoms with E-state index >= 15 is 8.78 Å². The van der Waals surface area contributed by atoms with Crippen LogP contribution >= 0.6 is 0 Å². The lowest BCUT2D eigenvalue weighted by atomic mass is 9.89. The Morgan fingerprint density at radius 1 is 1.22 bits per heavy atom. The molecule has 5 rings (SSSR count). The van der Waals surface area contributed by atoms with Crippen LogP contribution in [-0.4, -0.2) is 62.8 Å². The molecule has 14 heteroatoms. The van der Waals surface area contributed by atoms with E-state index in [9.17, 15) is 10.1 Å². The highest BCUT2D eigenvalue weighted by Gasteiger charge is 2.33. The second-order valence-corrected chi connectivity index (χ2v) is 14.3. The van der Waals surface area contributed by atoms with Crippen LogP contribution in [-0.2, 0) is 16.2 Å². The molecule has 1 aromatic carbocycles. The lowest BCUT2D eigenvalue weighted by Gasteiger charge is -2.37. The Kier molecular flexibility index (Phi) is 9.62. The molecule has 2 N–H and O–H groups in total. The SMILES string of the molecule is COc1ncc(-c2cn(COCC[Si](C)C)c3nccc(Oc4c(F)cc(NC(=O)NCC5(C)COC5)cc4F)c23)cc1C#N. The number of hydrogen-bond acceptors (Lipinski definition) is 8. The molecule has 1 aliphatic heterocycles. The largest absolute Gasteiger partial charge is 0.480 e. The van der Waals surface area contributed by atoms with Gasteiger partial charge in [-0.1, -0.05) is 20.0 Å². The molecular formula is C31H33F2N6O5Si. The van der Waals surface area contributed by atoms with Gasteiger partial charge in [0.2, 0.25) is 5.88 Å². The molecule has 0 unspecified atom stereocenters. The maximum absolute atomic E-state index is 15.3. The number of nitrogens with one attached hydrogen (secondary N) is 2. The van der Waals surface area contributed by atoms with Gasteiger partial charge in [0.1, 0.15) is 29.8 Å².